The average Bonchev–Trinajstić information content (AvgIpc) is 2.83. The third-order valence-corrected chi connectivity index (χ3v) is 4.86. The van der Waals surface area contributed by atoms with E-state index in [0.29, 0.717) is 0 Å². The molecular weight excluding hydrogens is 340 g/mol. The quantitative estimate of drug-likeness (QED) is 0.659. The molecule has 0 saturated carbocycles. The maximum absolute atomic E-state index is 12.7. The van der Waals surface area contributed by atoms with Crippen molar-refractivity contribution in [3.8, 4) is 0 Å². The largest absolute Gasteiger partial charge is 0.465 e. The van der Waals surface area contributed by atoms with E-state index in [1.165, 1.54) is 14.2 Å². The van der Waals surface area contributed by atoms with Gasteiger partial charge in [0.2, 0.25) is 0 Å². The Labute approximate surface area is 161 Å². The number of hydrogen-bond donors (Lipinski definition) is 0. The molecule has 2 aliphatic carbocycles. The van der Waals surface area contributed by atoms with Crippen molar-refractivity contribution in [3.63, 3.8) is 0 Å². The molecule has 0 bridgehead atoms. The lowest BCUT2D eigenvalue weighted by atomic mass is 9.84. The summed E-state index contributed by atoms with van der Waals surface area (Å²) in [5.74, 6) is -1.12. The van der Waals surface area contributed by atoms with Crippen molar-refractivity contribution in [3.05, 3.63) is 68.9 Å². The first kappa shape index (κ1) is 20.7. The molecule has 0 heterocycles. The molecule has 2 aliphatic rings. The number of fused-ring (bicyclic) bond motifs is 1. The van der Waals surface area contributed by atoms with Gasteiger partial charge < -0.3 is 9.47 Å². The van der Waals surface area contributed by atoms with Crippen molar-refractivity contribution in [2.75, 3.05) is 14.2 Å². The Morgan fingerprint density at radius 2 is 1.41 bits per heavy atom. The minimum absolute atomic E-state index is 0.0583. The van der Waals surface area contributed by atoms with Crippen molar-refractivity contribution in [1.29, 1.82) is 0 Å². The van der Waals surface area contributed by atoms with Gasteiger partial charge in [0.05, 0.1) is 25.4 Å². The smallest absolute Gasteiger partial charge is 0.339 e. The van der Waals surface area contributed by atoms with E-state index in [1.54, 1.807) is 6.08 Å². The van der Waals surface area contributed by atoms with Gasteiger partial charge in [-0.2, -0.15) is 0 Å². The van der Waals surface area contributed by atoms with Gasteiger partial charge in [0, 0.05) is 5.57 Å². The second kappa shape index (κ2) is 7.55. The Morgan fingerprint density at radius 1 is 0.815 bits per heavy atom. The highest BCUT2D eigenvalue weighted by Gasteiger charge is 2.32. The van der Waals surface area contributed by atoms with E-state index in [4.69, 9.17) is 9.47 Å². The normalized spacial score (nSPS) is 17.8. The van der Waals surface area contributed by atoms with Crippen LogP contribution in [0.3, 0.4) is 0 Å². The van der Waals surface area contributed by atoms with Gasteiger partial charge in [-0.1, -0.05) is 39.0 Å². The zero-order chi connectivity index (χ0) is 20.5. The van der Waals surface area contributed by atoms with Crippen molar-refractivity contribution >= 4 is 11.9 Å². The van der Waals surface area contributed by atoms with Gasteiger partial charge in [0.15, 0.2) is 0 Å². The van der Waals surface area contributed by atoms with Gasteiger partial charge in [-0.15, -0.1) is 0 Å². The maximum atomic E-state index is 12.7. The lowest BCUT2D eigenvalue weighted by Crippen LogP contribution is -2.18. The summed E-state index contributed by atoms with van der Waals surface area (Å²) in [5, 5.41) is 0. The summed E-state index contributed by atoms with van der Waals surface area (Å²) in [6.45, 7) is 12.4. The molecule has 0 N–H and O–H groups in total. The molecule has 0 spiro atoms. The number of methoxy groups -OCH3 is 2. The molecule has 0 atom stereocenters. The van der Waals surface area contributed by atoms with Crippen molar-refractivity contribution in [2.45, 2.75) is 41.5 Å². The van der Waals surface area contributed by atoms with Crippen LogP contribution in [0.1, 0.15) is 41.5 Å². The topological polar surface area (TPSA) is 52.6 Å². The molecule has 4 heteroatoms. The second-order valence-electron chi connectivity index (χ2n) is 7.90. The van der Waals surface area contributed by atoms with Gasteiger partial charge in [0.1, 0.15) is 0 Å². The fourth-order valence-electron chi connectivity index (χ4n) is 3.41. The molecule has 144 valence electrons. The Kier molecular flexibility index (Phi) is 5.79. The van der Waals surface area contributed by atoms with Crippen LogP contribution < -0.4 is 0 Å². The van der Waals surface area contributed by atoms with E-state index in [2.05, 4.69) is 32.9 Å². The van der Waals surface area contributed by atoms with E-state index in [-0.39, 0.29) is 16.6 Å². The molecule has 0 amide bonds. The summed E-state index contributed by atoms with van der Waals surface area (Å²) in [6, 6.07) is 0. The fourth-order valence-corrected chi connectivity index (χ4v) is 3.41. The van der Waals surface area contributed by atoms with Gasteiger partial charge in [0.25, 0.3) is 0 Å². The first-order valence-electron chi connectivity index (χ1n) is 8.95. The molecule has 0 fully saturated rings. The number of esters is 2. The molecule has 0 aromatic carbocycles. The van der Waals surface area contributed by atoms with Crippen LogP contribution in [0.2, 0.25) is 0 Å². The third-order valence-electron chi connectivity index (χ3n) is 4.86. The van der Waals surface area contributed by atoms with Gasteiger partial charge >= 0.3 is 11.9 Å². The van der Waals surface area contributed by atoms with Crippen LogP contribution in [0.5, 0.6) is 0 Å². The number of carbonyl (C=O) groups is 2. The van der Waals surface area contributed by atoms with Gasteiger partial charge in [-0.25, -0.2) is 9.59 Å². The third kappa shape index (κ3) is 3.90. The Morgan fingerprint density at radius 3 is 1.93 bits per heavy atom. The first-order chi connectivity index (χ1) is 12.5. The molecular formula is C23H28O4. The highest BCUT2D eigenvalue weighted by atomic mass is 16.5. The minimum atomic E-state index is -0.563. The predicted octanol–water partition coefficient (Wildman–Crippen LogP) is 4.76. The molecule has 0 aliphatic heterocycles. The summed E-state index contributed by atoms with van der Waals surface area (Å²) in [6.07, 6.45) is 7.73. The molecule has 0 radical (unpaired) electrons. The highest BCUT2D eigenvalue weighted by Crippen LogP contribution is 2.41. The lowest BCUT2D eigenvalue weighted by molar-refractivity contribution is -0.139. The summed E-state index contributed by atoms with van der Waals surface area (Å²) in [4.78, 5) is 25.2. The second-order valence-corrected chi connectivity index (χ2v) is 7.90. The van der Waals surface area contributed by atoms with Crippen LogP contribution in [0.25, 0.3) is 0 Å². The summed E-state index contributed by atoms with van der Waals surface area (Å²) < 4.78 is 9.96. The van der Waals surface area contributed by atoms with Crippen molar-refractivity contribution < 1.29 is 19.1 Å². The van der Waals surface area contributed by atoms with E-state index in [0.717, 1.165) is 33.4 Å². The predicted molar refractivity (Wildman–Crippen MR) is 107 cm³/mol. The van der Waals surface area contributed by atoms with Crippen LogP contribution >= 0.6 is 0 Å². The number of ether oxygens (including phenoxy) is 2. The Hall–Kier alpha value is -2.62. The number of carbonyl (C=O) groups excluding carboxylic acids is 2. The highest BCUT2D eigenvalue weighted by molar-refractivity contribution is 6.09. The molecule has 0 aromatic heterocycles. The van der Waals surface area contributed by atoms with Crippen molar-refractivity contribution in [1.82, 2.24) is 0 Å². The summed E-state index contributed by atoms with van der Waals surface area (Å²) in [5.41, 5.74) is 6.13. The van der Waals surface area contributed by atoms with Crippen LogP contribution in [0.4, 0.5) is 0 Å². The SMILES string of the molecule is COC(=O)C1=CC=C(C)C2=C(C)C=C(C(C)(C)C)C=C(C)C2=C1C(=O)OC. The van der Waals surface area contributed by atoms with Gasteiger partial charge in [-0.3, -0.25) is 0 Å². The molecule has 0 saturated heterocycles. The maximum Gasteiger partial charge on any atom is 0.339 e. The minimum Gasteiger partial charge on any atom is -0.465 e. The molecule has 2 rings (SSSR count). The van der Waals surface area contributed by atoms with Crippen LogP contribution in [-0.2, 0) is 19.1 Å². The monoisotopic (exact) mass is 368 g/mol. The van der Waals surface area contributed by atoms with Crippen LogP contribution in [0.15, 0.2) is 68.9 Å². The Bertz CT molecular complexity index is 878. The zero-order valence-corrected chi connectivity index (χ0v) is 17.4. The fraction of sp³-hybridized carbons (Fsp3) is 0.391. The number of allylic oxidation sites excluding steroid dienone is 10. The zero-order valence-electron chi connectivity index (χ0n) is 17.4. The summed E-state index contributed by atoms with van der Waals surface area (Å²) >= 11 is 0. The van der Waals surface area contributed by atoms with E-state index in [1.807, 2.05) is 26.8 Å². The van der Waals surface area contributed by atoms with Gasteiger partial charge in [-0.05, 0) is 60.1 Å². The van der Waals surface area contributed by atoms with Crippen LogP contribution in [0, 0.1) is 5.41 Å². The average molecular weight is 368 g/mol. The number of rotatable bonds is 2. The molecule has 0 aromatic rings. The van der Waals surface area contributed by atoms with E-state index in [9.17, 15) is 9.59 Å². The molecule has 27 heavy (non-hydrogen) atoms. The standard InChI is InChI=1S/C23H28O4/c1-13-9-10-17(21(24)26-7)20(22(25)27-8)19-15(3)12-16(23(4,5)6)11-14(2)18(13)19/h9-12H,1-8H3. The lowest BCUT2D eigenvalue weighted by Gasteiger charge is -2.21. The Balaban J connectivity index is 2.97. The summed E-state index contributed by atoms with van der Waals surface area (Å²) in [7, 11) is 2.63. The number of hydrogen-bond acceptors (Lipinski definition) is 4. The first-order valence-corrected chi connectivity index (χ1v) is 8.95. The van der Waals surface area contributed by atoms with E-state index < -0.39 is 11.9 Å². The van der Waals surface area contributed by atoms with Crippen molar-refractivity contribution in [2.24, 2.45) is 5.41 Å². The molecule has 4 nitrogen and oxygen atoms in total. The van der Waals surface area contributed by atoms with E-state index >= 15 is 0 Å². The molecule has 0 unspecified atom stereocenters. The van der Waals surface area contributed by atoms with Crippen LogP contribution in [-0.4, -0.2) is 26.2 Å².